The summed E-state index contributed by atoms with van der Waals surface area (Å²) in [7, 11) is 3.17. The zero-order chi connectivity index (χ0) is 15.4. The summed E-state index contributed by atoms with van der Waals surface area (Å²) in [5.74, 6) is 1.15. The van der Waals surface area contributed by atoms with Crippen LogP contribution in [0.4, 0.5) is 0 Å². The number of ether oxygens (including phenoxy) is 2. The Labute approximate surface area is 134 Å². The third-order valence-corrected chi connectivity index (χ3v) is 4.46. The smallest absolute Gasteiger partial charge is 0.180 e. The van der Waals surface area contributed by atoms with E-state index in [1.165, 1.54) is 0 Å². The Bertz CT molecular complexity index is 616. The van der Waals surface area contributed by atoms with Gasteiger partial charge in [-0.2, -0.15) is 0 Å². The van der Waals surface area contributed by atoms with Crippen LogP contribution < -0.4 is 14.8 Å². The van der Waals surface area contributed by atoms with E-state index in [-0.39, 0.29) is 6.04 Å². The maximum absolute atomic E-state index is 6.42. The molecule has 0 fully saturated rings. The van der Waals surface area contributed by atoms with E-state index in [1.807, 2.05) is 12.1 Å². The van der Waals surface area contributed by atoms with Gasteiger partial charge < -0.3 is 14.8 Å². The molecule has 0 bridgehead atoms. The molecule has 1 heterocycles. The molecule has 0 saturated heterocycles. The first kappa shape index (κ1) is 16.1. The Morgan fingerprint density at radius 1 is 1.33 bits per heavy atom. The van der Waals surface area contributed by atoms with E-state index in [0.29, 0.717) is 16.5 Å². The summed E-state index contributed by atoms with van der Waals surface area (Å²) >= 11 is 8.00. The van der Waals surface area contributed by atoms with Crippen LogP contribution in [0, 0.1) is 0 Å². The van der Waals surface area contributed by atoms with Crippen LogP contribution in [0.25, 0.3) is 10.6 Å². The molecule has 6 heteroatoms. The number of nitrogens with zero attached hydrogens (tertiary/aromatic N) is 1. The number of rotatable bonds is 6. The van der Waals surface area contributed by atoms with E-state index in [9.17, 15) is 0 Å². The Hall–Kier alpha value is -1.30. The second-order valence-electron chi connectivity index (χ2n) is 4.52. The molecule has 0 spiro atoms. The van der Waals surface area contributed by atoms with Crippen molar-refractivity contribution in [1.29, 1.82) is 0 Å². The van der Waals surface area contributed by atoms with E-state index < -0.39 is 0 Å². The van der Waals surface area contributed by atoms with Crippen LogP contribution in [-0.4, -0.2) is 25.7 Å². The van der Waals surface area contributed by atoms with Crippen molar-refractivity contribution in [2.24, 2.45) is 0 Å². The molecule has 1 N–H and O–H groups in total. The molecule has 2 rings (SSSR count). The number of hydrogen-bond donors (Lipinski definition) is 1. The van der Waals surface area contributed by atoms with Crippen molar-refractivity contribution < 1.29 is 9.47 Å². The SMILES string of the molecule is CCNC(C)c1csc(-c2ccc(OC)c(OC)c2Cl)n1. The second-order valence-corrected chi connectivity index (χ2v) is 5.76. The van der Waals surface area contributed by atoms with Gasteiger partial charge in [-0.15, -0.1) is 11.3 Å². The normalized spacial score (nSPS) is 12.2. The van der Waals surface area contributed by atoms with Gasteiger partial charge in [-0.3, -0.25) is 0 Å². The van der Waals surface area contributed by atoms with E-state index in [2.05, 4.69) is 29.5 Å². The van der Waals surface area contributed by atoms with Crippen molar-refractivity contribution in [3.63, 3.8) is 0 Å². The van der Waals surface area contributed by atoms with Crippen LogP contribution in [0.2, 0.25) is 5.02 Å². The minimum Gasteiger partial charge on any atom is -0.493 e. The Morgan fingerprint density at radius 3 is 2.71 bits per heavy atom. The maximum atomic E-state index is 6.42. The Morgan fingerprint density at radius 2 is 2.10 bits per heavy atom. The van der Waals surface area contributed by atoms with Gasteiger partial charge in [-0.25, -0.2) is 4.98 Å². The number of halogens is 1. The van der Waals surface area contributed by atoms with E-state index >= 15 is 0 Å². The standard InChI is InChI=1S/C15H19ClN2O2S/c1-5-17-9(2)11-8-21-15(18-11)10-6-7-12(19-3)14(20-4)13(10)16/h6-9,17H,5H2,1-4H3. The quantitative estimate of drug-likeness (QED) is 0.866. The fourth-order valence-corrected chi connectivity index (χ4v) is 3.40. The molecular weight excluding hydrogens is 308 g/mol. The third-order valence-electron chi connectivity index (χ3n) is 3.19. The first-order valence-electron chi connectivity index (χ1n) is 6.72. The zero-order valence-corrected chi connectivity index (χ0v) is 14.1. The summed E-state index contributed by atoms with van der Waals surface area (Å²) in [6, 6.07) is 3.97. The number of nitrogens with one attached hydrogen (secondary N) is 1. The molecule has 0 aliphatic rings. The van der Waals surface area contributed by atoms with Gasteiger partial charge in [-0.1, -0.05) is 18.5 Å². The molecule has 4 nitrogen and oxygen atoms in total. The summed E-state index contributed by atoms with van der Waals surface area (Å²) in [5.41, 5.74) is 1.87. The van der Waals surface area contributed by atoms with Crippen molar-refractivity contribution in [3.8, 4) is 22.1 Å². The third kappa shape index (κ3) is 3.31. The lowest BCUT2D eigenvalue weighted by molar-refractivity contribution is 0.355. The average Bonchev–Trinajstić information content (AvgIpc) is 2.96. The highest BCUT2D eigenvalue weighted by Crippen LogP contribution is 2.42. The second kappa shape index (κ2) is 7.11. The lowest BCUT2D eigenvalue weighted by Gasteiger charge is -2.11. The highest BCUT2D eigenvalue weighted by Gasteiger charge is 2.17. The molecule has 1 atom stereocenters. The average molecular weight is 327 g/mol. The molecule has 21 heavy (non-hydrogen) atoms. The predicted molar refractivity (Wildman–Crippen MR) is 87.8 cm³/mol. The van der Waals surface area contributed by atoms with Crippen LogP contribution in [-0.2, 0) is 0 Å². The van der Waals surface area contributed by atoms with Crippen LogP contribution in [0.15, 0.2) is 17.5 Å². The lowest BCUT2D eigenvalue weighted by atomic mass is 10.2. The number of benzene rings is 1. The fraction of sp³-hybridized carbons (Fsp3) is 0.400. The van der Waals surface area contributed by atoms with Gasteiger partial charge in [0.05, 0.1) is 24.9 Å². The largest absolute Gasteiger partial charge is 0.493 e. The predicted octanol–water partition coefficient (Wildman–Crippen LogP) is 4.15. The van der Waals surface area contributed by atoms with Gasteiger partial charge in [0.2, 0.25) is 0 Å². The molecular formula is C15H19ClN2O2S. The van der Waals surface area contributed by atoms with Gasteiger partial charge in [0, 0.05) is 17.0 Å². The van der Waals surface area contributed by atoms with Crippen molar-refractivity contribution in [2.45, 2.75) is 19.9 Å². The van der Waals surface area contributed by atoms with Crippen molar-refractivity contribution in [3.05, 3.63) is 28.2 Å². The summed E-state index contributed by atoms with van der Waals surface area (Å²) in [4.78, 5) is 4.67. The number of thiazole rings is 1. The van der Waals surface area contributed by atoms with Gasteiger partial charge in [-0.05, 0) is 25.6 Å². The topological polar surface area (TPSA) is 43.4 Å². The van der Waals surface area contributed by atoms with Crippen LogP contribution in [0.1, 0.15) is 25.6 Å². The molecule has 0 amide bonds. The molecule has 0 radical (unpaired) electrons. The van der Waals surface area contributed by atoms with Crippen LogP contribution in [0.5, 0.6) is 11.5 Å². The van der Waals surface area contributed by atoms with Gasteiger partial charge in [0.1, 0.15) is 5.01 Å². The molecule has 114 valence electrons. The van der Waals surface area contributed by atoms with Crippen molar-refractivity contribution in [2.75, 3.05) is 20.8 Å². The minimum atomic E-state index is 0.221. The van der Waals surface area contributed by atoms with Crippen LogP contribution in [0.3, 0.4) is 0 Å². The number of methoxy groups -OCH3 is 2. The van der Waals surface area contributed by atoms with Gasteiger partial charge >= 0.3 is 0 Å². The maximum Gasteiger partial charge on any atom is 0.180 e. The lowest BCUT2D eigenvalue weighted by Crippen LogP contribution is -2.17. The number of aromatic nitrogens is 1. The molecule has 1 aromatic carbocycles. The Balaban J connectivity index is 2.39. The summed E-state index contributed by atoms with van der Waals surface area (Å²) in [5, 5.41) is 6.80. The van der Waals surface area contributed by atoms with Gasteiger partial charge in [0.25, 0.3) is 0 Å². The summed E-state index contributed by atoms with van der Waals surface area (Å²) in [6.45, 7) is 5.08. The molecule has 1 aromatic heterocycles. The molecule has 0 saturated carbocycles. The summed E-state index contributed by atoms with van der Waals surface area (Å²) < 4.78 is 10.6. The fourth-order valence-electron chi connectivity index (χ4n) is 2.07. The van der Waals surface area contributed by atoms with E-state index in [1.54, 1.807) is 25.6 Å². The minimum absolute atomic E-state index is 0.221. The summed E-state index contributed by atoms with van der Waals surface area (Å²) in [6.07, 6.45) is 0. The highest BCUT2D eigenvalue weighted by atomic mass is 35.5. The van der Waals surface area contributed by atoms with Gasteiger partial charge in [0.15, 0.2) is 11.5 Å². The van der Waals surface area contributed by atoms with Crippen LogP contribution >= 0.6 is 22.9 Å². The first-order chi connectivity index (χ1) is 10.1. The molecule has 1 unspecified atom stereocenters. The zero-order valence-electron chi connectivity index (χ0n) is 12.6. The van der Waals surface area contributed by atoms with Crippen molar-refractivity contribution >= 4 is 22.9 Å². The Kier molecular flexibility index (Phi) is 5.45. The first-order valence-corrected chi connectivity index (χ1v) is 7.97. The highest BCUT2D eigenvalue weighted by molar-refractivity contribution is 7.13. The van der Waals surface area contributed by atoms with E-state index in [4.69, 9.17) is 21.1 Å². The monoisotopic (exact) mass is 326 g/mol. The number of hydrogen-bond acceptors (Lipinski definition) is 5. The molecule has 2 aromatic rings. The van der Waals surface area contributed by atoms with Crippen molar-refractivity contribution in [1.82, 2.24) is 10.3 Å². The molecule has 0 aliphatic carbocycles. The molecule has 0 aliphatic heterocycles. The van der Waals surface area contributed by atoms with E-state index in [0.717, 1.165) is 22.8 Å².